The summed E-state index contributed by atoms with van der Waals surface area (Å²) in [6.07, 6.45) is 0.117. The van der Waals surface area contributed by atoms with Crippen molar-refractivity contribution in [3.8, 4) is 11.3 Å². The molecule has 0 bridgehead atoms. The van der Waals surface area contributed by atoms with Gasteiger partial charge in [-0.25, -0.2) is 4.98 Å². The molecule has 2 atom stereocenters. The van der Waals surface area contributed by atoms with Crippen LogP contribution in [-0.2, 0) is 9.47 Å². The fourth-order valence-corrected chi connectivity index (χ4v) is 4.04. The predicted molar refractivity (Wildman–Crippen MR) is 86.2 cm³/mol. The molecule has 1 fully saturated rings. The normalized spacial score (nSPS) is 22.1. The van der Waals surface area contributed by atoms with E-state index in [2.05, 4.69) is 14.3 Å². The Labute approximate surface area is 131 Å². The average molecular weight is 326 g/mol. The molecular formula is C13H18N4O2S2. The molecule has 3 heterocycles. The zero-order valence-corrected chi connectivity index (χ0v) is 13.8. The molecule has 2 N–H and O–H groups in total. The van der Waals surface area contributed by atoms with E-state index >= 15 is 0 Å². The van der Waals surface area contributed by atoms with Gasteiger partial charge in [0.15, 0.2) is 0 Å². The minimum Gasteiger partial charge on any atom is -0.382 e. The van der Waals surface area contributed by atoms with Crippen molar-refractivity contribution in [1.29, 1.82) is 0 Å². The van der Waals surface area contributed by atoms with Crippen LogP contribution in [0, 0.1) is 6.92 Å². The molecule has 0 saturated carbocycles. The van der Waals surface area contributed by atoms with Crippen molar-refractivity contribution in [2.75, 3.05) is 37.9 Å². The molecule has 3 rings (SSSR count). The molecule has 2 aromatic heterocycles. The van der Waals surface area contributed by atoms with Crippen LogP contribution >= 0.6 is 22.9 Å². The quantitative estimate of drug-likeness (QED) is 0.926. The number of hydrogen-bond acceptors (Lipinski definition) is 8. The average Bonchev–Trinajstić information content (AvgIpc) is 3.16. The number of thiazole rings is 1. The van der Waals surface area contributed by atoms with Crippen molar-refractivity contribution in [3.05, 3.63) is 10.4 Å². The summed E-state index contributed by atoms with van der Waals surface area (Å²) in [6.45, 7) is 3.53. The van der Waals surface area contributed by atoms with Gasteiger partial charge in [0.05, 0.1) is 16.3 Å². The maximum absolute atomic E-state index is 6.06. The molecule has 0 radical (unpaired) electrons. The van der Waals surface area contributed by atoms with Crippen LogP contribution < -0.4 is 10.6 Å². The van der Waals surface area contributed by atoms with Crippen LogP contribution in [0.15, 0.2) is 5.38 Å². The number of hydrogen-bond donors (Lipinski definition) is 1. The number of aryl methyl sites for hydroxylation is 1. The Kier molecular flexibility index (Phi) is 4.12. The summed E-state index contributed by atoms with van der Waals surface area (Å²) in [5, 5.41) is 4.09. The second-order valence-corrected chi connectivity index (χ2v) is 6.77. The summed E-state index contributed by atoms with van der Waals surface area (Å²) in [6, 6.07) is 0. The Balaban J connectivity index is 1.94. The number of aromatic nitrogens is 2. The fraction of sp³-hybridized carbons (Fsp3) is 0.538. The SMILES string of the molecule is COC1CN(c2snc(N)c2-c2csc(C)n2)CC1OC. The van der Waals surface area contributed by atoms with Gasteiger partial charge in [0, 0.05) is 32.7 Å². The van der Waals surface area contributed by atoms with Gasteiger partial charge in [0.1, 0.15) is 23.0 Å². The molecule has 8 heteroatoms. The Morgan fingerprint density at radius 3 is 2.48 bits per heavy atom. The molecule has 2 unspecified atom stereocenters. The van der Waals surface area contributed by atoms with Crippen molar-refractivity contribution in [2.45, 2.75) is 19.1 Å². The summed E-state index contributed by atoms with van der Waals surface area (Å²) >= 11 is 3.02. The first-order valence-electron chi connectivity index (χ1n) is 6.62. The minimum atomic E-state index is 0.0587. The summed E-state index contributed by atoms with van der Waals surface area (Å²) in [5.74, 6) is 0.537. The van der Waals surface area contributed by atoms with E-state index in [1.165, 1.54) is 11.5 Å². The zero-order chi connectivity index (χ0) is 15.0. The van der Waals surface area contributed by atoms with Crippen LogP contribution in [0.2, 0.25) is 0 Å². The van der Waals surface area contributed by atoms with Gasteiger partial charge in [0.2, 0.25) is 0 Å². The van der Waals surface area contributed by atoms with E-state index in [0.29, 0.717) is 5.82 Å². The number of rotatable bonds is 4. The highest BCUT2D eigenvalue weighted by Crippen LogP contribution is 2.41. The number of nitrogens with zero attached hydrogens (tertiary/aromatic N) is 3. The highest BCUT2D eigenvalue weighted by Gasteiger charge is 2.35. The van der Waals surface area contributed by atoms with Crippen molar-refractivity contribution < 1.29 is 9.47 Å². The van der Waals surface area contributed by atoms with E-state index in [4.69, 9.17) is 15.2 Å². The van der Waals surface area contributed by atoms with Crippen molar-refractivity contribution in [1.82, 2.24) is 9.36 Å². The lowest BCUT2D eigenvalue weighted by Crippen LogP contribution is -2.27. The smallest absolute Gasteiger partial charge is 0.148 e. The molecule has 1 saturated heterocycles. The fourth-order valence-electron chi connectivity index (χ4n) is 2.59. The summed E-state index contributed by atoms with van der Waals surface area (Å²) in [4.78, 5) is 6.76. The topological polar surface area (TPSA) is 73.5 Å². The largest absolute Gasteiger partial charge is 0.382 e. The first-order chi connectivity index (χ1) is 10.1. The second-order valence-electron chi connectivity index (χ2n) is 4.95. The Bertz CT molecular complexity index is 615. The molecule has 1 aliphatic heterocycles. The third-order valence-corrected chi connectivity index (χ3v) is 5.38. The van der Waals surface area contributed by atoms with E-state index in [1.807, 2.05) is 12.3 Å². The van der Waals surface area contributed by atoms with Gasteiger partial charge in [0.25, 0.3) is 0 Å². The lowest BCUT2D eigenvalue weighted by Gasteiger charge is -2.16. The van der Waals surface area contributed by atoms with Crippen LogP contribution in [0.25, 0.3) is 11.3 Å². The van der Waals surface area contributed by atoms with E-state index in [-0.39, 0.29) is 12.2 Å². The van der Waals surface area contributed by atoms with E-state index in [9.17, 15) is 0 Å². The second kappa shape index (κ2) is 5.88. The van der Waals surface area contributed by atoms with Crippen molar-refractivity contribution in [2.24, 2.45) is 0 Å². The Morgan fingerprint density at radius 1 is 1.29 bits per heavy atom. The van der Waals surface area contributed by atoms with Gasteiger partial charge in [-0.05, 0) is 18.5 Å². The monoisotopic (exact) mass is 326 g/mol. The lowest BCUT2D eigenvalue weighted by atomic mass is 10.2. The molecule has 0 spiro atoms. The minimum absolute atomic E-state index is 0.0587. The van der Waals surface area contributed by atoms with Gasteiger partial charge in [-0.1, -0.05) is 0 Å². The summed E-state index contributed by atoms with van der Waals surface area (Å²) in [5.41, 5.74) is 7.88. The molecule has 0 amide bonds. The molecule has 114 valence electrons. The van der Waals surface area contributed by atoms with Gasteiger partial charge in [-0.3, -0.25) is 0 Å². The predicted octanol–water partition coefficient (Wildman–Crippen LogP) is 2.01. The first kappa shape index (κ1) is 14.7. The van der Waals surface area contributed by atoms with E-state index < -0.39 is 0 Å². The number of nitrogens with two attached hydrogens (primary N) is 1. The molecule has 0 aromatic carbocycles. The van der Waals surface area contributed by atoms with Crippen molar-refractivity contribution in [3.63, 3.8) is 0 Å². The van der Waals surface area contributed by atoms with Gasteiger partial charge in [-0.2, -0.15) is 4.37 Å². The van der Waals surface area contributed by atoms with Crippen LogP contribution in [0.3, 0.4) is 0 Å². The van der Waals surface area contributed by atoms with Crippen LogP contribution in [0.4, 0.5) is 10.8 Å². The molecule has 0 aliphatic carbocycles. The van der Waals surface area contributed by atoms with E-state index in [1.54, 1.807) is 25.6 Å². The number of ether oxygens (including phenoxy) is 2. The molecule has 1 aliphatic rings. The van der Waals surface area contributed by atoms with Gasteiger partial charge >= 0.3 is 0 Å². The van der Waals surface area contributed by atoms with Crippen molar-refractivity contribution >= 4 is 33.7 Å². The molecule has 6 nitrogen and oxygen atoms in total. The van der Waals surface area contributed by atoms with Gasteiger partial charge in [-0.15, -0.1) is 11.3 Å². The zero-order valence-electron chi connectivity index (χ0n) is 12.2. The molecule has 21 heavy (non-hydrogen) atoms. The number of nitrogen functional groups attached to an aromatic ring is 1. The maximum atomic E-state index is 6.06. The lowest BCUT2D eigenvalue weighted by molar-refractivity contribution is -0.00461. The standard InChI is InChI=1S/C13H18N4O2S2/c1-7-15-8(6-20-7)11-12(14)16-21-13(11)17-4-9(18-2)10(5-17)19-3/h6,9-10H,4-5H2,1-3H3,(H2,14,16). The molecular weight excluding hydrogens is 308 g/mol. The highest BCUT2D eigenvalue weighted by molar-refractivity contribution is 7.11. The first-order valence-corrected chi connectivity index (χ1v) is 8.27. The van der Waals surface area contributed by atoms with Crippen LogP contribution in [0.1, 0.15) is 5.01 Å². The Hall–Kier alpha value is -1.22. The maximum Gasteiger partial charge on any atom is 0.148 e. The van der Waals surface area contributed by atoms with Crippen LogP contribution in [0.5, 0.6) is 0 Å². The summed E-state index contributed by atoms with van der Waals surface area (Å²) in [7, 11) is 3.43. The number of methoxy groups -OCH3 is 2. The van der Waals surface area contributed by atoms with E-state index in [0.717, 1.165) is 34.4 Å². The van der Waals surface area contributed by atoms with Crippen LogP contribution in [-0.4, -0.2) is 48.9 Å². The summed E-state index contributed by atoms with van der Waals surface area (Å²) < 4.78 is 15.3. The third-order valence-electron chi connectivity index (χ3n) is 3.68. The highest BCUT2D eigenvalue weighted by atomic mass is 32.1. The Morgan fingerprint density at radius 2 is 1.95 bits per heavy atom. The molecule has 2 aromatic rings. The number of anilines is 2. The third kappa shape index (κ3) is 2.64. The van der Waals surface area contributed by atoms with Gasteiger partial charge < -0.3 is 20.1 Å².